The lowest BCUT2D eigenvalue weighted by Crippen LogP contribution is -2.47. The van der Waals surface area contributed by atoms with Crippen LogP contribution in [0.2, 0.25) is 0 Å². The molecule has 1 aliphatic carbocycles. The van der Waals surface area contributed by atoms with Gasteiger partial charge < -0.3 is 14.4 Å². The maximum atomic E-state index is 6.12. The molecule has 0 aromatic heterocycles. The van der Waals surface area contributed by atoms with E-state index in [-0.39, 0.29) is 0 Å². The molecule has 0 aromatic carbocycles. The molecule has 0 unspecified atom stereocenters. The van der Waals surface area contributed by atoms with Crippen LogP contribution in [0.1, 0.15) is 32.6 Å². The highest BCUT2D eigenvalue weighted by Crippen LogP contribution is 2.26. The minimum atomic E-state index is 0.354. The summed E-state index contributed by atoms with van der Waals surface area (Å²) in [5, 5.41) is 0. The van der Waals surface area contributed by atoms with Crippen molar-refractivity contribution in [2.24, 2.45) is 5.92 Å². The summed E-state index contributed by atoms with van der Waals surface area (Å²) in [6.07, 6.45) is 6.18. The topological polar surface area (TPSA) is 24.9 Å². The zero-order valence-electron chi connectivity index (χ0n) is 13.5. The lowest BCUT2D eigenvalue weighted by Gasteiger charge is -2.35. The number of morpholine rings is 1. The molecule has 2 fully saturated rings. The molecule has 118 valence electrons. The van der Waals surface area contributed by atoms with Crippen LogP contribution >= 0.6 is 0 Å². The Bertz CT molecular complexity index is 273. The Kier molecular flexibility index (Phi) is 6.75. The molecule has 1 aliphatic heterocycles. The Morgan fingerprint density at radius 1 is 1.25 bits per heavy atom. The zero-order chi connectivity index (χ0) is 14.4. The molecule has 0 spiro atoms. The van der Waals surface area contributed by atoms with Crippen molar-refractivity contribution in [1.82, 2.24) is 9.80 Å². The van der Waals surface area contributed by atoms with E-state index in [1.807, 2.05) is 0 Å². The smallest absolute Gasteiger partial charge is 0.0829 e. The minimum absolute atomic E-state index is 0.354. The van der Waals surface area contributed by atoms with Gasteiger partial charge in [-0.05, 0) is 32.9 Å². The van der Waals surface area contributed by atoms with Crippen molar-refractivity contribution in [3.63, 3.8) is 0 Å². The van der Waals surface area contributed by atoms with Crippen molar-refractivity contribution < 1.29 is 9.47 Å². The molecule has 0 aromatic rings. The van der Waals surface area contributed by atoms with Crippen molar-refractivity contribution in [3.8, 4) is 0 Å². The summed E-state index contributed by atoms with van der Waals surface area (Å²) in [5.41, 5.74) is 0. The van der Waals surface area contributed by atoms with Gasteiger partial charge in [-0.1, -0.05) is 19.8 Å². The van der Waals surface area contributed by atoms with Crippen LogP contribution in [0, 0.1) is 5.92 Å². The predicted octanol–water partition coefficient (Wildman–Crippen LogP) is 1.84. The Labute approximate surface area is 124 Å². The fraction of sp³-hybridized carbons (Fsp3) is 1.00. The molecular weight excluding hydrogens is 252 g/mol. The summed E-state index contributed by atoms with van der Waals surface area (Å²) in [4.78, 5) is 4.69. The zero-order valence-corrected chi connectivity index (χ0v) is 13.5. The van der Waals surface area contributed by atoms with Crippen molar-refractivity contribution in [2.45, 2.75) is 44.8 Å². The molecule has 2 aliphatic rings. The Balaban J connectivity index is 1.63. The van der Waals surface area contributed by atoms with Crippen molar-refractivity contribution in [2.75, 3.05) is 53.5 Å². The molecule has 4 nitrogen and oxygen atoms in total. The van der Waals surface area contributed by atoms with E-state index in [9.17, 15) is 0 Å². The van der Waals surface area contributed by atoms with Crippen molar-refractivity contribution in [1.29, 1.82) is 0 Å². The molecule has 2 rings (SSSR count). The molecule has 20 heavy (non-hydrogen) atoms. The monoisotopic (exact) mass is 284 g/mol. The summed E-state index contributed by atoms with van der Waals surface area (Å²) >= 11 is 0. The summed E-state index contributed by atoms with van der Waals surface area (Å²) in [7, 11) is 4.21. The fourth-order valence-corrected chi connectivity index (χ4v) is 3.36. The van der Waals surface area contributed by atoms with E-state index in [1.165, 1.54) is 25.7 Å². The number of ether oxygens (including phenoxy) is 2. The largest absolute Gasteiger partial charge is 0.377 e. The van der Waals surface area contributed by atoms with Crippen LogP contribution in [0.3, 0.4) is 0 Å². The van der Waals surface area contributed by atoms with Crippen LogP contribution in [0.15, 0.2) is 0 Å². The highest BCUT2D eigenvalue weighted by atomic mass is 16.5. The Hall–Kier alpha value is -0.160. The van der Waals surface area contributed by atoms with E-state index in [4.69, 9.17) is 9.47 Å². The number of nitrogens with zero attached hydrogens (tertiary/aromatic N) is 2. The normalized spacial score (nSPS) is 32.7. The molecule has 1 heterocycles. The van der Waals surface area contributed by atoms with Gasteiger partial charge in [-0.25, -0.2) is 0 Å². The second-order valence-corrected chi connectivity index (χ2v) is 6.73. The number of rotatable bonds is 6. The molecule has 4 heteroatoms. The maximum Gasteiger partial charge on any atom is 0.0829 e. The van der Waals surface area contributed by atoms with Crippen LogP contribution < -0.4 is 0 Å². The van der Waals surface area contributed by atoms with Crippen molar-refractivity contribution >= 4 is 0 Å². The quantitative estimate of drug-likeness (QED) is 0.743. The van der Waals surface area contributed by atoms with Gasteiger partial charge >= 0.3 is 0 Å². The lowest BCUT2D eigenvalue weighted by molar-refractivity contribution is -0.0577. The van der Waals surface area contributed by atoms with Gasteiger partial charge in [-0.2, -0.15) is 0 Å². The third-order valence-corrected chi connectivity index (χ3v) is 4.56. The molecule has 1 saturated carbocycles. The lowest BCUT2D eigenvalue weighted by atomic mass is 9.88. The van der Waals surface area contributed by atoms with E-state index >= 15 is 0 Å². The van der Waals surface area contributed by atoms with E-state index in [0.29, 0.717) is 12.2 Å². The van der Waals surface area contributed by atoms with E-state index in [0.717, 1.165) is 45.3 Å². The predicted molar refractivity (Wildman–Crippen MR) is 82.1 cm³/mol. The van der Waals surface area contributed by atoms with Gasteiger partial charge in [0.2, 0.25) is 0 Å². The summed E-state index contributed by atoms with van der Waals surface area (Å²) in [5.74, 6) is 0.745. The molecule has 1 saturated heterocycles. The second kappa shape index (κ2) is 8.32. The Morgan fingerprint density at radius 3 is 2.80 bits per heavy atom. The first kappa shape index (κ1) is 16.2. The SMILES string of the molecule is C[C@@H]1CCCC[C@@H]1OCCN1CCO[C@@H](CN(C)C)C1. The van der Waals surface area contributed by atoms with Gasteiger partial charge in [-0.3, -0.25) is 4.90 Å². The molecule has 0 radical (unpaired) electrons. The van der Waals surface area contributed by atoms with Gasteiger partial charge in [0.15, 0.2) is 0 Å². The standard InChI is InChI=1S/C16H32N2O2/c1-14-6-4-5-7-16(14)20-11-9-18-8-10-19-15(13-18)12-17(2)3/h14-16H,4-13H2,1-3H3/t14-,15+,16+/m1/s1. The third-order valence-electron chi connectivity index (χ3n) is 4.56. The van der Waals surface area contributed by atoms with Crippen LogP contribution in [0.25, 0.3) is 0 Å². The summed E-state index contributed by atoms with van der Waals surface area (Å²) < 4.78 is 11.9. The van der Waals surface area contributed by atoms with Crippen LogP contribution in [0.4, 0.5) is 0 Å². The van der Waals surface area contributed by atoms with Gasteiger partial charge in [0.1, 0.15) is 0 Å². The van der Waals surface area contributed by atoms with E-state index in [2.05, 4.69) is 30.8 Å². The number of hydrogen-bond acceptors (Lipinski definition) is 4. The van der Waals surface area contributed by atoms with Crippen LogP contribution in [-0.2, 0) is 9.47 Å². The first-order valence-corrected chi connectivity index (χ1v) is 8.25. The average molecular weight is 284 g/mol. The molecule has 0 bridgehead atoms. The second-order valence-electron chi connectivity index (χ2n) is 6.73. The van der Waals surface area contributed by atoms with Crippen LogP contribution in [-0.4, -0.2) is 75.5 Å². The van der Waals surface area contributed by atoms with Gasteiger partial charge in [0.25, 0.3) is 0 Å². The molecular formula is C16H32N2O2. The highest BCUT2D eigenvalue weighted by molar-refractivity contribution is 4.75. The minimum Gasteiger partial charge on any atom is -0.377 e. The first-order valence-electron chi connectivity index (χ1n) is 8.25. The average Bonchev–Trinajstić information content (AvgIpc) is 2.41. The molecule has 0 amide bonds. The maximum absolute atomic E-state index is 6.12. The fourth-order valence-electron chi connectivity index (χ4n) is 3.36. The molecule has 3 atom stereocenters. The number of likely N-dealkylation sites (N-methyl/N-ethyl adjacent to an activating group) is 1. The highest BCUT2D eigenvalue weighted by Gasteiger charge is 2.23. The first-order chi connectivity index (χ1) is 9.65. The van der Waals surface area contributed by atoms with E-state index < -0.39 is 0 Å². The van der Waals surface area contributed by atoms with Gasteiger partial charge in [0.05, 0.1) is 25.4 Å². The third kappa shape index (κ3) is 5.32. The van der Waals surface area contributed by atoms with Crippen LogP contribution in [0.5, 0.6) is 0 Å². The summed E-state index contributed by atoms with van der Waals surface area (Å²) in [6.45, 7) is 8.23. The van der Waals surface area contributed by atoms with Gasteiger partial charge in [0, 0.05) is 26.2 Å². The number of hydrogen-bond donors (Lipinski definition) is 0. The molecule has 0 N–H and O–H groups in total. The van der Waals surface area contributed by atoms with E-state index in [1.54, 1.807) is 0 Å². The van der Waals surface area contributed by atoms with Crippen molar-refractivity contribution in [3.05, 3.63) is 0 Å². The Morgan fingerprint density at radius 2 is 2.05 bits per heavy atom. The van der Waals surface area contributed by atoms with Gasteiger partial charge in [-0.15, -0.1) is 0 Å². The summed E-state index contributed by atoms with van der Waals surface area (Å²) in [6, 6.07) is 0.